The lowest BCUT2D eigenvalue weighted by Crippen LogP contribution is -2.26. The van der Waals surface area contributed by atoms with E-state index in [0.717, 1.165) is 25.7 Å². The van der Waals surface area contributed by atoms with Gasteiger partial charge in [-0.3, -0.25) is 14.6 Å². The standard InChI is InChI=1S/C21H25N5O3/c1-3-15-13(2)22-21(24-20(15)28)26-18(12-16(25-26)17-10-7-11-29-17)23-19(27)14-8-5-4-6-9-14/h7,10-12,14H,3-6,8-9H2,1-2H3,(H,23,27)(H,22,24,28). The molecule has 29 heavy (non-hydrogen) atoms. The summed E-state index contributed by atoms with van der Waals surface area (Å²) in [5.74, 6) is 1.26. The highest BCUT2D eigenvalue weighted by Crippen LogP contribution is 2.27. The summed E-state index contributed by atoms with van der Waals surface area (Å²) in [6, 6.07) is 5.30. The van der Waals surface area contributed by atoms with Gasteiger partial charge >= 0.3 is 0 Å². The first-order valence-electron chi connectivity index (χ1n) is 10.1. The molecule has 1 aliphatic rings. The summed E-state index contributed by atoms with van der Waals surface area (Å²) in [6.45, 7) is 3.71. The van der Waals surface area contributed by atoms with Crippen molar-refractivity contribution in [3.05, 3.63) is 46.1 Å². The second-order valence-electron chi connectivity index (χ2n) is 7.44. The average Bonchev–Trinajstić information content (AvgIpc) is 3.38. The van der Waals surface area contributed by atoms with Crippen LogP contribution in [0.15, 0.2) is 33.7 Å². The fourth-order valence-corrected chi connectivity index (χ4v) is 3.88. The summed E-state index contributed by atoms with van der Waals surface area (Å²) >= 11 is 0. The predicted molar refractivity (Wildman–Crippen MR) is 109 cm³/mol. The van der Waals surface area contributed by atoms with Crippen LogP contribution < -0.4 is 10.9 Å². The molecule has 0 saturated heterocycles. The van der Waals surface area contributed by atoms with Gasteiger partial charge in [-0.2, -0.15) is 9.78 Å². The highest BCUT2D eigenvalue weighted by molar-refractivity contribution is 5.92. The third-order valence-electron chi connectivity index (χ3n) is 5.47. The lowest BCUT2D eigenvalue weighted by molar-refractivity contribution is -0.120. The SMILES string of the molecule is CCc1c(C)nc(-n2nc(-c3ccco3)cc2NC(=O)C2CCCCC2)[nH]c1=O. The fraction of sp³-hybridized carbons (Fsp3) is 0.429. The molecule has 8 nitrogen and oxygen atoms in total. The van der Waals surface area contributed by atoms with E-state index >= 15 is 0 Å². The van der Waals surface area contributed by atoms with Gasteiger partial charge in [0.15, 0.2) is 5.76 Å². The van der Waals surface area contributed by atoms with Gasteiger partial charge < -0.3 is 9.73 Å². The molecule has 0 aromatic carbocycles. The average molecular weight is 395 g/mol. The van der Waals surface area contributed by atoms with Gasteiger partial charge in [0.05, 0.1) is 6.26 Å². The number of amides is 1. The van der Waals surface area contributed by atoms with Crippen LogP contribution in [-0.2, 0) is 11.2 Å². The first kappa shape index (κ1) is 19.2. The van der Waals surface area contributed by atoms with Crippen molar-refractivity contribution in [2.75, 3.05) is 5.32 Å². The summed E-state index contributed by atoms with van der Waals surface area (Å²) in [7, 11) is 0. The Bertz CT molecular complexity index is 1060. The molecule has 0 aliphatic heterocycles. The van der Waals surface area contributed by atoms with Crippen LogP contribution in [0.4, 0.5) is 5.82 Å². The molecule has 8 heteroatoms. The van der Waals surface area contributed by atoms with Gasteiger partial charge in [0, 0.05) is 23.2 Å². The minimum Gasteiger partial charge on any atom is -0.463 e. The first-order valence-corrected chi connectivity index (χ1v) is 10.1. The summed E-state index contributed by atoms with van der Waals surface area (Å²) in [5.41, 5.74) is 1.63. The maximum atomic E-state index is 12.8. The summed E-state index contributed by atoms with van der Waals surface area (Å²) < 4.78 is 6.91. The van der Waals surface area contributed by atoms with Crippen LogP contribution in [0, 0.1) is 12.8 Å². The van der Waals surface area contributed by atoms with Crippen molar-refractivity contribution < 1.29 is 9.21 Å². The monoisotopic (exact) mass is 395 g/mol. The molecule has 0 radical (unpaired) electrons. The Labute approximate surface area is 168 Å². The Morgan fingerprint density at radius 3 is 2.79 bits per heavy atom. The van der Waals surface area contributed by atoms with Gasteiger partial charge in [-0.25, -0.2) is 4.98 Å². The Morgan fingerprint density at radius 1 is 1.34 bits per heavy atom. The topological polar surface area (TPSA) is 106 Å². The number of hydrogen-bond donors (Lipinski definition) is 2. The van der Waals surface area contributed by atoms with Gasteiger partial charge in [-0.15, -0.1) is 0 Å². The largest absolute Gasteiger partial charge is 0.463 e. The molecule has 3 aromatic rings. The van der Waals surface area contributed by atoms with Crippen molar-refractivity contribution in [1.29, 1.82) is 0 Å². The molecule has 3 aromatic heterocycles. The normalized spacial score (nSPS) is 14.8. The number of nitrogens with one attached hydrogen (secondary N) is 2. The number of furan rings is 1. The zero-order valence-corrected chi connectivity index (χ0v) is 16.7. The van der Waals surface area contributed by atoms with Crippen molar-refractivity contribution in [3.63, 3.8) is 0 Å². The Balaban J connectivity index is 1.74. The zero-order valence-electron chi connectivity index (χ0n) is 16.7. The van der Waals surface area contributed by atoms with Gasteiger partial charge in [-0.1, -0.05) is 26.2 Å². The van der Waals surface area contributed by atoms with Crippen molar-refractivity contribution in [3.8, 4) is 17.4 Å². The number of H-pyrrole nitrogens is 1. The summed E-state index contributed by atoms with van der Waals surface area (Å²) in [6.07, 6.45) is 7.27. The number of carbonyl (C=O) groups excluding carboxylic acids is 1. The van der Waals surface area contributed by atoms with Gasteiger partial charge in [0.2, 0.25) is 11.9 Å². The van der Waals surface area contributed by atoms with Gasteiger partial charge in [0.1, 0.15) is 11.5 Å². The van der Waals surface area contributed by atoms with Crippen LogP contribution in [0.3, 0.4) is 0 Å². The Kier molecular flexibility index (Phi) is 5.33. The number of aryl methyl sites for hydroxylation is 1. The van der Waals surface area contributed by atoms with Crippen molar-refractivity contribution in [2.45, 2.75) is 52.4 Å². The predicted octanol–water partition coefficient (Wildman–Crippen LogP) is 3.61. The van der Waals surface area contributed by atoms with Crippen LogP contribution in [0.1, 0.15) is 50.3 Å². The molecule has 4 rings (SSSR count). The highest BCUT2D eigenvalue weighted by Gasteiger charge is 2.24. The van der Waals surface area contributed by atoms with Crippen molar-refractivity contribution >= 4 is 11.7 Å². The number of nitrogens with zero attached hydrogens (tertiary/aromatic N) is 3. The second kappa shape index (κ2) is 8.06. The quantitative estimate of drug-likeness (QED) is 0.686. The molecule has 1 amide bonds. The van der Waals surface area contributed by atoms with Gasteiger partial charge in [0.25, 0.3) is 5.56 Å². The number of carbonyl (C=O) groups is 1. The Morgan fingerprint density at radius 2 is 2.14 bits per heavy atom. The molecule has 0 spiro atoms. The van der Waals surface area contributed by atoms with Crippen molar-refractivity contribution in [2.24, 2.45) is 5.92 Å². The van der Waals surface area contributed by atoms with E-state index in [-0.39, 0.29) is 23.3 Å². The van der Waals surface area contributed by atoms with Crippen LogP contribution >= 0.6 is 0 Å². The lowest BCUT2D eigenvalue weighted by Gasteiger charge is -2.20. The molecule has 1 aliphatic carbocycles. The fourth-order valence-electron chi connectivity index (χ4n) is 3.88. The number of anilines is 1. The molecule has 0 bridgehead atoms. The molecular weight excluding hydrogens is 370 g/mol. The molecule has 2 N–H and O–H groups in total. The van der Waals surface area contributed by atoms with E-state index in [9.17, 15) is 9.59 Å². The lowest BCUT2D eigenvalue weighted by atomic mass is 9.89. The molecule has 1 saturated carbocycles. The molecular formula is C21H25N5O3. The molecule has 0 unspecified atom stereocenters. The third-order valence-corrected chi connectivity index (χ3v) is 5.47. The maximum absolute atomic E-state index is 12.8. The van der Waals surface area contributed by atoms with Crippen LogP contribution in [-0.4, -0.2) is 25.7 Å². The highest BCUT2D eigenvalue weighted by atomic mass is 16.3. The van der Waals surface area contributed by atoms with E-state index in [1.54, 1.807) is 31.4 Å². The maximum Gasteiger partial charge on any atom is 0.255 e. The first-order chi connectivity index (χ1) is 14.1. The number of hydrogen-bond acceptors (Lipinski definition) is 5. The second-order valence-corrected chi connectivity index (χ2v) is 7.44. The van der Waals surface area contributed by atoms with E-state index in [0.29, 0.717) is 35.0 Å². The summed E-state index contributed by atoms with van der Waals surface area (Å²) in [4.78, 5) is 32.6. The summed E-state index contributed by atoms with van der Waals surface area (Å²) in [5, 5.41) is 7.52. The van der Waals surface area contributed by atoms with Crippen molar-refractivity contribution in [1.82, 2.24) is 19.7 Å². The smallest absolute Gasteiger partial charge is 0.255 e. The third kappa shape index (κ3) is 3.87. The van der Waals surface area contributed by atoms with Gasteiger partial charge in [-0.05, 0) is 38.3 Å². The van der Waals surface area contributed by atoms with E-state index in [1.807, 2.05) is 6.92 Å². The van der Waals surface area contributed by atoms with E-state index in [2.05, 4.69) is 20.4 Å². The van der Waals surface area contributed by atoms with Crippen LogP contribution in [0.5, 0.6) is 0 Å². The Hall–Kier alpha value is -3.16. The van der Waals surface area contributed by atoms with Crippen LogP contribution in [0.25, 0.3) is 17.4 Å². The molecule has 3 heterocycles. The minimum atomic E-state index is -0.199. The molecule has 0 atom stereocenters. The number of aromatic nitrogens is 4. The van der Waals surface area contributed by atoms with E-state index in [4.69, 9.17) is 4.42 Å². The molecule has 152 valence electrons. The van der Waals surface area contributed by atoms with E-state index < -0.39 is 0 Å². The molecule has 1 fully saturated rings. The number of aromatic amines is 1. The van der Waals surface area contributed by atoms with Crippen LogP contribution in [0.2, 0.25) is 0 Å². The number of rotatable bonds is 5. The minimum absolute atomic E-state index is 0.00428. The van der Waals surface area contributed by atoms with E-state index in [1.165, 1.54) is 11.1 Å². The zero-order chi connectivity index (χ0) is 20.4.